The smallest absolute Gasteiger partial charge is 0.349 e. The standard InChI is InChI=1S/C18H24N4O3/c1-17(2)10-24-18(25-11-17)6-3-4-15-13(5-7-18)8-14(9-20-15)22-16(23)21-12-19/h8-9,19H,3-7,10-11H2,1-2H3,(H,22,23). The van der Waals surface area contributed by atoms with Gasteiger partial charge in [0.2, 0.25) is 0 Å². The van der Waals surface area contributed by atoms with Gasteiger partial charge in [-0.25, -0.2) is 10.2 Å². The van der Waals surface area contributed by atoms with Crippen LogP contribution in [-0.2, 0) is 22.3 Å². The van der Waals surface area contributed by atoms with Gasteiger partial charge in [0.1, 0.15) is 0 Å². The number of ether oxygens (including phenoxy) is 2. The largest absolute Gasteiger partial charge is 0.354 e. The number of nitrogens with zero attached hydrogens (tertiary/aromatic N) is 2. The first-order valence-corrected chi connectivity index (χ1v) is 8.61. The highest BCUT2D eigenvalue weighted by Gasteiger charge is 2.40. The van der Waals surface area contributed by atoms with E-state index in [1.54, 1.807) is 12.2 Å². The van der Waals surface area contributed by atoms with E-state index in [1.807, 2.05) is 6.07 Å². The second-order valence-electron chi connectivity index (χ2n) is 7.49. The third kappa shape index (κ3) is 4.31. The van der Waals surface area contributed by atoms with E-state index in [1.165, 1.54) is 0 Å². The maximum Gasteiger partial charge on any atom is 0.354 e. The number of aromatic nitrogens is 1. The van der Waals surface area contributed by atoms with Crippen LogP contribution in [0.3, 0.4) is 0 Å². The highest BCUT2D eigenvalue weighted by Crippen LogP contribution is 2.37. The number of nitrogens with one attached hydrogen (secondary N) is 2. The van der Waals surface area contributed by atoms with Gasteiger partial charge in [0.15, 0.2) is 5.79 Å². The van der Waals surface area contributed by atoms with Crippen LogP contribution in [0.4, 0.5) is 10.5 Å². The number of rotatable bonds is 1. The van der Waals surface area contributed by atoms with Gasteiger partial charge >= 0.3 is 6.03 Å². The number of fused-ring (bicyclic) bond motifs is 1. The normalized spacial score (nSPS) is 21.4. The van der Waals surface area contributed by atoms with Crippen molar-refractivity contribution in [3.05, 3.63) is 23.5 Å². The van der Waals surface area contributed by atoms with Gasteiger partial charge in [-0.2, -0.15) is 0 Å². The van der Waals surface area contributed by atoms with E-state index in [4.69, 9.17) is 14.9 Å². The second-order valence-corrected chi connectivity index (χ2v) is 7.49. The minimum atomic E-state index is -0.625. The Balaban J connectivity index is 1.73. The summed E-state index contributed by atoms with van der Waals surface area (Å²) in [7, 11) is 0. The fourth-order valence-electron chi connectivity index (χ4n) is 3.25. The summed E-state index contributed by atoms with van der Waals surface area (Å²) < 4.78 is 12.3. The molecule has 1 aromatic rings. The summed E-state index contributed by atoms with van der Waals surface area (Å²) in [6.45, 7) is 5.70. The SMILES string of the molecule is CC1(C)COC2(CCCc3ncc(NC(=O)N=C=N)cc3CC2)OC1. The van der Waals surface area contributed by atoms with Gasteiger partial charge < -0.3 is 14.8 Å². The molecule has 1 aliphatic heterocycles. The molecule has 2 N–H and O–H groups in total. The average Bonchev–Trinajstić information content (AvgIpc) is 2.55. The molecule has 0 radical (unpaired) electrons. The molecular formula is C18H24N4O3. The number of hydrogen-bond donors (Lipinski definition) is 2. The van der Waals surface area contributed by atoms with E-state index in [0.717, 1.165) is 43.4 Å². The van der Waals surface area contributed by atoms with Gasteiger partial charge in [0.05, 0.1) is 31.1 Å². The molecule has 25 heavy (non-hydrogen) atoms. The summed E-state index contributed by atoms with van der Waals surface area (Å²) in [5, 5.41) is 9.32. The van der Waals surface area contributed by atoms with Crippen LogP contribution in [0.5, 0.6) is 0 Å². The Labute approximate surface area is 147 Å². The first-order chi connectivity index (χ1) is 11.9. The number of carbonyl (C=O) groups is 1. The van der Waals surface area contributed by atoms with E-state index in [0.29, 0.717) is 18.9 Å². The first kappa shape index (κ1) is 17.7. The molecule has 134 valence electrons. The molecule has 1 fully saturated rings. The molecule has 0 bridgehead atoms. The van der Waals surface area contributed by atoms with Crippen molar-refractivity contribution in [3.63, 3.8) is 0 Å². The minimum absolute atomic E-state index is 0.0555. The Hall–Kier alpha value is -2.08. The minimum Gasteiger partial charge on any atom is -0.349 e. The van der Waals surface area contributed by atoms with Gasteiger partial charge in [-0.15, -0.1) is 4.99 Å². The molecule has 7 heteroatoms. The third-order valence-electron chi connectivity index (χ3n) is 4.67. The molecule has 7 nitrogen and oxygen atoms in total. The van der Waals surface area contributed by atoms with Crippen LogP contribution in [0.15, 0.2) is 17.3 Å². The Kier molecular flexibility index (Phi) is 4.99. The number of urea groups is 1. The lowest BCUT2D eigenvalue weighted by Crippen LogP contribution is -2.48. The molecule has 1 aliphatic carbocycles. The molecule has 2 amide bonds. The predicted molar refractivity (Wildman–Crippen MR) is 93.1 cm³/mol. The number of aryl methyl sites for hydroxylation is 2. The molecule has 1 spiro atoms. The van der Waals surface area contributed by atoms with Crippen LogP contribution in [0.25, 0.3) is 0 Å². The lowest BCUT2D eigenvalue weighted by molar-refractivity contribution is -0.304. The number of amides is 2. The average molecular weight is 344 g/mol. The summed E-state index contributed by atoms with van der Waals surface area (Å²) in [5.41, 5.74) is 2.77. The van der Waals surface area contributed by atoms with Crippen molar-refractivity contribution in [1.82, 2.24) is 4.98 Å². The van der Waals surface area contributed by atoms with Crippen molar-refractivity contribution in [2.24, 2.45) is 10.4 Å². The number of pyridine rings is 1. The topological polar surface area (TPSA) is 96.7 Å². The zero-order chi connectivity index (χ0) is 17.9. The van der Waals surface area contributed by atoms with Crippen LogP contribution < -0.4 is 5.32 Å². The molecule has 0 aromatic carbocycles. The van der Waals surface area contributed by atoms with Gasteiger partial charge in [-0.3, -0.25) is 4.98 Å². The lowest BCUT2D eigenvalue weighted by Gasteiger charge is -2.44. The summed E-state index contributed by atoms with van der Waals surface area (Å²) in [4.78, 5) is 19.2. The van der Waals surface area contributed by atoms with Gasteiger partial charge in [0, 0.05) is 24.0 Å². The number of aliphatic imine (C=N–C) groups is 1. The fourth-order valence-corrected chi connectivity index (χ4v) is 3.25. The van der Waals surface area contributed by atoms with Crippen molar-refractivity contribution in [2.45, 2.75) is 51.7 Å². The van der Waals surface area contributed by atoms with Crippen LogP contribution >= 0.6 is 0 Å². The Morgan fingerprint density at radius 2 is 2.08 bits per heavy atom. The van der Waals surface area contributed by atoms with Crippen LogP contribution in [0.1, 0.15) is 44.4 Å². The van der Waals surface area contributed by atoms with E-state index in [2.05, 4.69) is 29.1 Å². The zero-order valence-corrected chi connectivity index (χ0v) is 14.7. The molecule has 1 saturated heterocycles. The maximum absolute atomic E-state index is 11.5. The van der Waals surface area contributed by atoms with E-state index in [9.17, 15) is 4.79 Å². The molecular weight excluding hydrogens is 320 g/mol. The molecule has 1 aromatic heterocycles. The van der Waals surface area contributed by atoms with E-state index >= 15 is 0 Å². The molecule has 2 aliphatic rings. The molecule has 0 saturated carbocycles. The van der Waals surface area contributed by atoms with Crippen molar-refractivity contribution in [3.8, 4) is 0 Å². The quantitative estimate of drug-likeness (QED) is 0.763. The summed E-state index contributed by atoms with van der Waals surface area (Å²) in [6.07, 6.45) is 5.86. The fraction of sp³-hybridized carbons (Fsp3) is 0.611. The molecule has 2 heterocycles. The number of hydrogen-bond acceptors (Lipinski definition) is 5. The van der Waals surface area contributed by atoms with Crippen molar-refractivity contribution >= 4 is 17.7 Å². The lowest BCUT2D eigenvalue weighted by atomic mass is 9.89. The van der Waals surface area contributed by atoms with Crippen LogP contribution in [0.2, 0.25) is 0 Å². The molecule has 0 atom stereocenters. The summed E-state index contributed by atoms with van der Waals surface area (Å²) >= 11 is 0. The van der Waals surface area contributed by atoms with Crippen molar-refractivity contribution in [1.29, 1.82) is 5.41 Å². The van der Waals surface area contributed by atoms with Crippen molar-refractivity contribution < 1.29 is 14.3 Å². The predicted octanol–water partition coefficient (Wildman–Crippen LogP) is 3.40. The Morgan fingerprint density at radius 3 is 2.80 bits per heavy atom. The number of anilines is 1. The van der Waals surface area contributed by atoms with Crippen molar-refractivity contribution in [2.75, 3.05) is 18.5 Å². The van der Waals surface area contributed by atoms with Gasteiger partial charge in [-0.05, 0) is 30.9 Å². The summed E-state index contributed by atoms with van der Waals surface area (Å²) in [6, 6.07) is 3.02. The van der Waals surface area contributed by atoms with Gasteiger partial charge in [0.25, 0.3) is 0 Å². The Bertz CT molecular complexity index is 700. The summed E-state index contributed by atoms with van der Waals surface area (Å²) in [5.74, 6) is -0.503. The molecule has 0 unspecified atom stereocenters. The van der Waals surface area contributed by atoms with E-state index < -0.39 is 11.8 Å². The third-order valence-corrected chi connectivity index (χ3v) is 4.67. The van der Waals surface area contributed by atoms with Crippen LogP contribution in [-0.4, -0.2) is 36.0 Å². The maximum atomic E-state index is 11.5. The first-order valence-electron chi connectivity index (χ1n) is 8.61. The second kappa shape index (κ2) is 7.04. The molecule has 3 rings (SSSR count). The van der Waals surface area contributed by atoms with Gasteiger partial charge in [-0.1, -0.05) is 13.8 Å². The highest BCUT2D eigenvalue weighted by atomic mass is 16.7. The highest BCUT2D eigenvalue weighted by molar-refractivity contribution is 5.92. The Morgan fingerprint density at radius 1 is 1.32 bits per heavy atom. The zero-order valence-electron chi connectivity index (χ0n) is 14.7. The monoisotopic (exact) mass is 344 g/mol. The van der Waals surface area contributed by atoms with Crippen LogP contribution in [0, 0.1) is 10.8 Å². The van der Waals surface area contributed by atoms with E-state index in [-0.39, 0.29) is 5.41 Å². The number of carbonyl (C=O) groups excluding carboxylic acids is 1.